The summed E-state index contributed by atoms with van der Waals surface area (Å²) >= 11 is 0. The minimum atomic E-state index is -0.236. The van der Waals surface area contributed by atoms with Crippen molar-refractivity contribution in [3.63, 3.8) is 0 Å². The van der Waals surface area contributed by atoms with E-state index in [0.29, 0.717) is 12.0 Å². The Morgan fingerprint density at radius 2 is 1.68 bits per heavy atom. The molecule has 1 aromatic rings. The number of β-lactam (4-membered cyclic amide) rings is 1. The molecule has 0 unspecified atom stereocenters. The Balaban J connectivity index is 1.36. The van der Waals surface area contributed by atoms with Crippen LogP contribution in [0.4, 0.5) is 5.69 Å². The number of likely N-dealkylation sites (tertiary alicyclic amines) is 1. The van der Waals surface area contributed by atoms with Crippen molar-refractivity contribution >= 4 is 17.5 Å². The number of amides is 2. The van der Waals surface area contributed by atoms with Gasteiger partial charge < -0.3 is 10.2 Å². The van der Waals surface area contributed by atoms with E-state index in [4.69, 9.17) is 0 Å². The van der Waals surface area contributed by atoms with Gasteiger partial charge >= 0.3 is 0 Å². The highest BCUT2D eigenvalue weighted by molar-refractivity contribution is 5.99. The van der Waals surface area contributed by atoms with Crippen molar-refractivity contribution in [2.45, 2.75) is 45.2 Å². The zero-order valence-corrected chi connectivity index (χ0v) is 15.1. The van der Waals surface area contributed by atoms with Gasteiger partial charge in [0, 0.05) is 18.3 Å². The third kappa shape index (κ3) is 2.74. The fraction of sp³-hybridized carbons (Fsp3) is 0.600. The molecular weight excluding hydrogens is 314 g/mol. The molecule has 3 saturated heterocycles. The predicted octanol–water partition coefficient (Wildman–Crippen LogP) is 2.03. The molecule has 3 heterocycles. The van der Waals surface area contributed by atoms with E-state index < -0.39 is 0 Å². The highest BCUT2D eigenvalue weighted by atomic mass is 16.2. The average molecular weight is 341 g/mol. The number of carbonyl (C=O) groups excluding carboxylic acids is 2. The molecule has 3 aliphatic heterocycles. The van der Waals surface area contributed by atoms with Crippen LogP contribution in [0, 0.1) is 11.3 Å². The Bertz CT molecular complexity index is 665. The molecule has 0 bridgehead atoms. The van der Waals surface area contributed by atoms with E-state index in [0.717, 1.165) is 44.6 Å². The fourth-order valence-corrected chi connectivity index (χ4v) is 4.71. The van der Waals surface area contributed by atoms with E-state index >= 15 is 0 Å². The van der Waals surface area contributed by atoms with Gasteiger partial charge in [-0.1, -0.05) is 18.2 Å². The Hall–Kier alpha value is -1.88. The number of rotatable bonds is 3. The van der Waals surface area contributed by atoms with Crippen LogP contribution in [0.2, 0.25) is 0 Å². The van der Waals surface area contributed by atoms with Gasteiger partial charge in [-0.2, -0.15) is 0 Å². The van der Waals surface area contributed by atoms with Crippen molar-refractivity contribution < 1.29 is 9.59 Å². The number of anilines is 1. The molecule has 3 fully saturated rings. The van der Waals surface area contributed by atoms with Crippen molar-refractivity contribution in [3.8, 4) is 0 Å². The summed E-state index contributed by atoms with van der Waals surface area (Å²) in [5.41, 5.74) is 0.768. The summed E-state index contributed by atoms with van der Waals surface area (Å²) in [7, 11) is 0. The molecule has 2 atom stereocenters. The van der Waals surface area contributed by atoms with Crippen LogP contribution >= 0.6 is 0 Å². The molecular formula is C20H27N3O2. The van der Waals surface area contributed by atoms with Crippen LogP contribution in [0.1, 0.15) is 33.1 Å². The lowest BCUT2D eigenvalue weighted by Gasteiger charge is -2.50. The molecule has 2 amide bonds. The number of hydrogen-bond acceptors (Lipinski definition) is 3. The van der Waals surface area contributed by atoms with Crippen molar-refractivity contribution in [3.05, 3.63) is 30.3 Å². The molecule has 0 aromatic heterocycles. The molecule has 4 rings (SSSR count). The van der Waals surface area contributed by atoms with Crippen molar-refractivity contribution in [1.82, 2.24) is 10.2 Å². The van der Waals surface area contributed by atoms with Gasteiger partial charge in [0.15, 0.2) is 0 Å². The maximum atomic E-state index is 12.9. The molecule has 0 saturated carbocycles. The summed E-state index contributed by atoms with van der Waals surface area (Å²) in [5, 5.41) is 3.09. The van der Waals surface area contributed by atoms with Gasteiger partial charge in [-0.3, -0.25) is 14.5 Å². The maximum absolute atomic E-state index is 12.9. The fourth-order valence-electron chi connectivity index (χ4n) is 4.71. The molecule has 25 heavy (non-hydrogen) atoms. The molecule has 1 aromatic carbocycles. The SMILES string of the molecule is CC1(C)C(=O)N[C@H]1C1CCN([C@H]2CCN(c3ccccc3)C2=O)CC1. The van der Waals surface area contributed by atoms with Crippen LogP contribution in [0.5, 0.6) is 0 Å². The van der Waals surface area contributed by atoms with E-state index in [1.54, 1.807) is 0 Å². The van der Waals surface area contributed by atoms with Crippen molar-refractivity contribution in [2.24, 2.45) is 11.3 Å². The zero-order chi connectivity index (χ0) is 17.6. The average Bonchev–Trinajstić information content (AvgIpc) is 3.02. The first-order valence-electron chi connectivity index (χ1n) is 9.40. The number of piperidine rings is 1. The smallest absolute Gasteiger partial charge is 0.244 e. The van der Waals surface area contributed by atoms with E-state index in [1.165, 1.54) is 0 Å². The van der Waals surface area contributed by atoms with Gasteiger partial charge in [-0.15, -0.1) is 0 Å². The van der Waals surface area contributed by atoms with Crippen LogP contribution in [0.3, 0.4) is 0 Å². The summed E-state index contributed by atoms with van der Waals surface area (Å²) < 4.78 is 0. The van der Waals surface area contributed by atoms with E-state index in [1.807, 2.05) is 49.1 Å². The van der Waals surface area contributed by atoms with Crippen LogP contribution in [-0.4, -0.2) is 48.4 Å². The molecule has 5 heteroatoms. The molecule has 0 aliphatic carbocycles. The first-order chi connectivity index (χ1) is 12.0. The molecule has 1 N–H and O–H groups in total. The Morgan fingerprint density at radius 1 is 1.00 bits per heavy atom. The van der Waals surface area contributed by atoms with Crippen molar-refractivity contribution in [2.75, 3.05) is 24.5 Å². The van der Waals surface area contributed by atoms with Gasteiger partial charge in [0.25, 0.3) is 0 Å². The second kappa shape index (κ2) is 6.13. The second-order valence-corrected chi connectivity index (χ2v) is 8.18. The topological polar surface area (TPSA) is 52.7 Å². The Kier molecular flexibility index (Phi) is 4.07. The molecule has 3 aliphatic rings. The molecule has 5 nitrogen and oxygen atoms in total. The lowest BCUT2D eigenvalue weighted by Crippen LogP contribution is -2.68. The quantitative estimate of drug-likeness (QED) is 0.856. The van der Waals surface area contributed by atoms with Crippen LogP contribution in [0.15, 0.2) is 30.3 Å². The van der Waals surface area contributed by atoms with E-state index in [2.05, 4.69) is 10.2 Å². The van der Waals surface area contributed by atoms with Gasteiger partial charge in [-0.25, -0.2) is 0 Å². The van der Waals surface area contributed by atoms with Gasteiger partial charge in [0.1, 0.15) is 0 Å². The summed E-state index contributed by atoms with van der Waals surface area (Å²) in [6.07, 6.45) is 3.02. The van der Waals surface area contributed by atoms with Gasteiger partial charge in [0.05, 0.1) is 11.5 Å². The van der Waals surface area contributed by atoms with Crippen LogP contribution < -0.4 is 10.2 Å². The van der Waals surface area contributed by atoms with E-state index in [-0.39, 0.29) is 23.3 Å². The zero-order valence-electron chi connectivity index (χ0n) is 15.1. The molecule has 0 radical (unpaired) electrons. The minimum Gasteiger partial charge on any atom is -0.351 e. The standard InChI is InChI=1S/C20H27N3O2/c1-20(2)17(21-19(20)25)14-8-11-22(12-9-14)16-10-13-23(18(16)24)15-6-4-3-5-7-15/h3-7,14,16-17H,8-13H2,1-2H3,(H,21,25)/t16-,17-/m0/s1. The summed E-state index contributed by atoms with van der Waals surface area (Å²) in [5.74, 6) is 0.942. The number of nitrogens with one attached hydrogen (secondary N) is 1. The number of para-hydroxylation sites is 1. The third-order valence-electron chi connectivity index (χ3n) is 6.38. The normalized spacial score (nSPS) is 30.2. The first-order valence-corrected chi connectivity index (χ1v) is 9.40. The lowest BCUT2D eigenvalue weighted by atomic mass is 9.68. The van der Waals surface area contributed by atoms with Crippen LogP contribution in [-0.2, 0) is 9.59 Å². The maximum Gasteiger partial charge on any atom is 0.244 e. The minimum absolute atomic E-state index is 0.0187. The predicted molar refractivity (Wildman–Crippen MR) is 97.2 cm³/mol. The van der Waals surface area contributed by atoms with Gasteiger partial charge in [0.2, 0.25) is 11.8 Å². The number of hydrogen-bond donors (Lipinski definition) is 1. The highest BCUT2D eigenvalue weighted by Crippen LogP contribution is 2.39. The first kappa shape index (κ1) is 16.6. The summed E-state index contributed by atoms with van der Waals surface area (Å²) in [6, 6.07) is 10.3. The summed E-state index contributed by atoms with van der Waals surface area (Å²) in [6.45, 7) is 6.79. The van der Waals surface area contributed by atoms with Crippen molar-refractivity contribution in [1.29, 1.82) is 0 Å². The highest BCUT2D eigenvalue weighted by Gasteiger charge is 2.51. The molecule has 134 valence electrons. The van der Waals surface area contributed by atoms with Gasteiger partial charge in [-0.05, 0) is 64.3 Å². The lowest BCUT2D eigenvalue weighted by molar-refractivity contribution is -0.146. The largest absolute Gasteiger partial charge is 0.351 e. The number of carbonyl (C=O) groups is 2. The van der Waals surface area contributed by atoms with Crippen LogP contribution in [0.25, 0.3) is 0 Å². The number of benzene rings is 1. The van der Waals surface area contributed by atoms with E-state index in [9.17, 15) is 9.59 Å². The monoisotopic (exact) mass is 341 g/mol. The Morgan fingerprint density at radius 3 is 2.28 bits per heavy atom. The third-order valence-corrected chi connectivity index (χ3v) is 6.38. The summed E-state index contributed by atoms with van der Waals surface area (Å²) in [4.78, 5) is 28.9. The number of nitrogens with zero attached hydrogens (tertiary/aromatic N) is 2. The molecule has 0 spiro atoms. The second-order valence-electron chi connectivity index (χ2n) is 8.18. The Labute approximate surface area is 149 Å².